The van der Waals surface area contributed by atoms with E-state index in [0.29, 0.717) is 17.2 Å². The first kappa shape index (κ1) is 17.9. The van der Waals surface area contributed by atoms with Gasteiger partial charge >= 0.3 is 5.97 Å². The van der Waals surface area contributed by atoms with Gasteiger partial charge in [-0.1, -0.05) is 11.6 Å². The van der Waals surface area contributed by atoms with E-state index in [0.717, 1.165) is 6.07 Å². The largest absolute Gasteiger partial charge is 0.477 e. The molecule has 2 rings (SSSR count). The van der Waals surface area contributed by atoms with Crippen molar-refractivity contribution in [1.82, 2.24) is 19.5 Å². The number of hydrogen-bond donors (Lipinski definition) is 2. The summed E-state index contributed by atoms with van der Waals surface area (Å²) in [6, 6.07) is 0.486. The molecule has 2 heterocycles. The van der Waals surface area contributed by atoms with Crippen LogP contribution in [0.1, 0.15) is 48.4 Å². The number of nitrogens with one attached hydrogen (secondary N) is 1. The molecule has 0 aliphatic rings. The van der Waals surface area contributed by atoms with E-state index in [9.17, 15) is 13.2 Å². The van der Waals surface area contributed by atoms with Gasteiger partial charge in [0, 0.05) is 6.04 Å². The van der Waals surface area contributed by atoms with Gasteiger partial charge in [0.05, 0.1) is 10.4 Å². The lowest BCUT2D eigenvalue weighted by molar-refractivity contribution is 0.0698. The number of nitrogens with zero attached hydrogens (tertiary/aromatic N) is 3. The van der Waals surface area contributed by atoms with E-state index >= 15 is 0 Å². The highest BCUT2D eigenvalue weighted by Crippen LogP contribution is 2.31. The number of aromatic carboxylic acids is 1. The van der Waals surface area contributed by atoms with Crippen LogP contribution in [0.3, 0.4) is 0 Å². The van der Waals surface area contributed by atoms with E-state index in [-0.39, 0.29) is 20.2 Å². The first-order valence-electron chi connectivity index (χ1n) is 6.58. The van der Waals surface area contributed by atoms with Crippen molar-refractivity contribution in [3.8, 4) is 0 Å². The molecule has 0 aliphatic heterocycles. The Kier molecular flexibility index (Phi) is 5.09. The van der Waals surface area contributed by atoms with Crippen molar-refractivity contribution in [3.63, 3.8) is 0 Å². The molecular formula is C12H15ClN4O4S2. The van der Waals surface area contributed by atoms with Gasteiger partial charge in [0.1, 0.15) is 16.1 Å². The first-order chi connectivity index (χ1) is 10.6. The molecule has 8 nitrogen and oxygen atoms in total. The van der Waals surface area contributed by atoms with Crippen molar-refractivity contribution in [1.29, 1.82) is 0 Å². The lowest BCUT2D eigenvalue weighted by Crippen LogP contribution is -2.29. The number of halogens is 1. The fraction of sp³-hybridized carbons (Fsp3) is 0.417. The molecule has 0 saturated carbocycles. The van der Waals surface area contributed by atoms with Gasteiger partial charge in [0.25, 0.3) is 0 Å². The van der Waals surface area contributed by atoms with Crippen molar-refractivity contribution in [3.05, 3.63) is 27.4 Å². The van der Waals surface area contributed by atoms with Crippen LogP contribution in [0.15, 0.2) is 17.3 Å². The summed E-state index contributed by atoms with van der Waals surface area (Å²) in [7, 11) is -4.07. The first-order valence-corrected chi connectivity index (χ1v) is 9.25. The highest BCUT2D eigenvalue weighted by molar-refractivity contribution is 7.89. The quantitative estimate of drug-likeness (QED) is 0.797. The van der Waals surface area contributed by atoms with Gasteiger partial charge in [0.2, 0.25) is 10.0 Å². The molecule has 1 atom stereocenters. The summed E-state index contributed by atoms with van der Waals surface area (Å²) in [4.78, 5) is 10.5. The number of carboxylic acid groups (broad SMARTS) is 1. The summed E-state index contributed by atoms with van der Waals surface area (Å²) in [5, 5.41) is 16.8. The maximum absolute atomic E-state index is 12.5. The van der Waals surface area contributed by atoms with Crippen molar-refractivity contribution in [2.75, 3.05) is 0 Å². The molecule has 0 spiro atoms. The maximum atomic E-state index is 12.5. The Balaban J connectivity index is 2.35. The minimum Gasteiger partial charge on any atom is -0.477 e. The average Bonchev–Trinajstić information content (AvgIpc) is 3.04. The van der Waals surface area contributed by atoms with Crippen LogP contribution < -0.4 is 4.72 Å². The molecule has 0 fully saturated rings. The molecule has 11 heteroatoms. The van der Waals surface area contributed by atoms with E-state index in [1.807, 2.05) is 13.8 Å². The normalized spacial score (nSPS) is 13.4. The van der Waals surface area contributed by atoms with Gasteiger partial charge in [-0.05, 0) is 26.8 Å². The lowest BCUT2D eigenvalue weighted by Gasteiger charge is -2.16. The monoisotopic (exact) mass is 378 g/mol. The second-order valence-electron chi connectivity index (χ2n) is 5.08. The number of hydrogen-bond acceptors (Lipinski definition) is 6. The number of carboxylic acids is 1. The third-order valence-electron chi connectivity index (χ3n) is 3.03. The summed E-state index contributed by atoms with van der Waals surface area (Å²) in [5.41, 5.74) is 0. The van der Waals surface area contributed by atoms with Gasteiger partial charge in [0.15, 0.2) is 5.82 Å². The lowest BCUT2D eigenvalue weighted by atomic mass is 10.3. The molecule has 0 aromatic carbocycles. The number of aromatic nitrogens is 3. The van der Waals surface area contributed by atoms with Crippen LogP contribution in [0.25, 0.3) is 0 Å². The molecule has 23 heavy (non-hydrogen) atoms. The smallest absolute Gasteiger partial charge is 0.347 e. The highest BCUT2D eigenvalue weighted by Gasteiger charge is 2.28. The molecule has 0 bridgehead atoms. The SMILES string of the molecule is CC(C)n1cnnc1[C@H](C)NS(=O)(=O)c1cc(Cl)sc1C(=O)O. The number of rotatable bonds is 6. The standard InChI is InChI=1S/C12H15ClN4O4S2/c1-6(2)17-5-14-15-11(17)7(3)16-23(20,21)8-4-9(13)22-10(8)12(18)19/h4-7,16H,1-3H3,(H,18,19)/t7-/m0/s1. The van der Waals surface area contributed by atoms with Crippen molar-refractivity contribution in [2.24, 2.45) is 0 Å². The van der Waals surface area contributed by atoms with Crippen molar-refractivity contribution >= 4 is 38.9 Å². The van der Waals surface area contributed by atoms with Gasteiger partial charge in [-0.25, -0.2) is 17.9 Å². The maximum Gasteiger partial charge on any atom is 0.347 e. The minimum absolute atomic E-state index is 0.0529. The molecule has 0 radical (unpaired) electrons. The molecule has 0 saturated heterocycles. The second-order valence-corrected chi connectivity index (χ2v) is 8.45. The van der Waals surface area contributed by atoms with E-state index in [2.05, 4.69) is 14.9 Å². The summed E-state index contributed by atoms with van der Waals surface area (Å²) >= 11 is 6.45. The molecule has 0 unspecified atom stereocenters. The van der Waals surface area contributed by atoms with Crippen LogP contribution in [0.4, 0.5) is 0 Å². The molecule has 2 aromatic heterocycles. The zero-order valence-corrected chi connectivity index (χ0v) is 14.9. The molecule has 0 aliphatic carbocycles. The minimum atomic E-state index is -4.07. The van der Waals surface area contributed by atoms with Crippen LogP contribution in [0.5, 0.6) is 0 Å². The summed E-state index contributed by atoms with van der Waals surface area (Å²) in [6.45, 7) is 5.43. The van der Waals surface area contributed by atoms with E-state index in [1.54, 1.807) is 11.5 Å². The number of thiophene rings is 1. The summed E-state index contributed by atoms with van der Waals surface area (Å²) in [6.07, 6.45) is 1.51. The van der Waals surface area contributed by atoms with Crippen LogP contribution in [0.2, 0.25) is 4.34 Å². The van der Waals surface area contributed by atoms with Gasteiger partial charge < -0.3 is 9.67 Å². The molecule has 126 valence electrons. The van der Waals surface area contributed by atoms with Crippen molar-refractivity contribution in [2.45, 2.75) is 37.8 Å². The van der Waals surface area contributed by atoms with Gasteiger partial charge in [-0.2, -0.15) is 0 Å². The predicted molar refractivity (Wildman–Crippen MR) is 85.4 cm³/mol. The molecule has 2 aromatic rings. The van der Waals surface area contributed by atoms with Crippen molar-refractivity contribution < 1.29 is 18.3 Å². The van der Waals surface area contributed by atoms with Crippen LogP contribution >= 0.6 is 22.9 Å². The Labute approximate surface area is 142 Å². The second kappa shape index (κ2) is 6.56. The molecule has 0 amide bonds. The summed E-state index contributed by atoms with van der Waals surface area (Å²) < 4.78 is 29.2. The van der Waals surface area contributed by atoms with Crippen LogP contribution in [-0.4, -0.2) is 34.3 Å². The third kappa shape index (κ3) is 3.71. The number of carbonyl (C=O) groups is 1. The topological polar surface area (TPSA) is 114 Å². The number of sulfonamides is 1. The molecule has 2 N–H and O–H groups in total. The highest BCUT2D eigenvalue weighted by atomic mass is 35.5. The van der Waals surface area contributed by atoms with Crippen LogP contribution in [-0.2, 0) is 10.0 Å². The van der Waals surface area contributed by atoms with E-state index < -0.39 is 22.0 Å². The zero-order valence-electron chi connectivity index (χ0n) is 12.5. The fourth-order valence-electron chi connectivity index (χ4n) is 2.00. The van der Waals surface area contributed by atoms with E-state index in [1.165, 1.54) is 6.33 Å². The van der Waals surface area contributed by atoms with Crippen LogP contribution in [0, 0.1) is 0 Å². The third-order valence-corrected chi connectivity index (χ3v) is 5.97. The molecular weight excluding hydrogens is 364 g/mol. The predicted octanol–water partition coefficient (Wildman–Crippen LogP) is 2.31. The fourth-order valence-corrected chi connectivity index (χ4v) is 4.86. The Morgan fingerprint density at radius 2 is 2.09 bits per heavy atom. The van der Waals surface area contributed by atoms with Gasteiger partial charge in [-0.3, -0.25) is 0 Å². The Morgan fingerprint density at radius 3 is 2.65 bits per heavy atom. The Bertz CT molecular complexity index is 828. The Hall–Kier alpha value is -1.49. The zero-order chi connectivity index (χ0) is 17.4. The average molecular weight is 379 g/mol. The van der Waals surface area contributed by atoms with E-state index in [4.69, 9.17) is 16.7 Å². The summed E-state index contributed by atoms with van der Waals surface area (Å²) in [5.74, 6) is -0.915. The van der Waals surface area contributed by atoms with Gasteiger partial charge in [-0.15, -0.1) is 21.5 Å². The Morgan fingerprint density at radius 1 is 1.43 bits per heavy atom.